The van der Waals surface area contributed by atoms with Crippen molar-refractivity contribution in [1.82, 2.24) is 5.32 Å². The van der Waals surface area contributed by atoms with Crippen molar-refractivity contribution >= 4 is 5.91 Å². The predicted octanol–water partition coefficient (Wildman–Crippen LogP) is 1.48. The van der Waals surface area contributed by atoms with Gasteiger partial charge in [0.2, 0.25) is 5.60 Å². The molecule has 0 aromatic heterocycles. The van der Waals surface area contributed by atoms with Crippen molar-refractivity contribution in [2.75, 3.05) is 20.3 Å². The van der Waals surface area contributed by atoms with Crippen molar-refractivity contribution in [3.8, 4) is 11.5 Å². The van der Waals surface area contributed by atoms with Crippen LogP contribution < -0.4 is 20.5 Å². The van der Waals surface area contributed by atoms with Gasteiger partial charge in [-0.05, 0) is 26.0 Å². The van der Waals surface area contributed by atoms with Crippen LogP contribution >= 0.6 is 0 Å². The highest BCUT2D eigenvalue weighted by Crippen LogP contribution is 2.34. The summed E-state index contributed by atoms with van der Waals surface area (Å²) in [7, 11) is 1.17. The lowest BCUT2D eigenvalue weighted by atomic mass is 9.98. The highest BCUT2D eigenvalue weighted by atomic mass is 19.4. The van der Waals surface area contributed by atoms with Crippen LogP contribution in [0.3, 0.4) is 0 Å². The highest BCUT2D eigenvalue weighted by Gasteiger charge is 2.55. The molecule has 0 bridgehead atoms. The van der Waals surface area contributed by atoms with Gasteiger partial charge in [0.15, 0.2) is 17.3 Å². The van der Waals surface area contributed by atoms with E-state index in [-0.39, 0.29) is 23.7 Å². The molecule has 0 unspecified atom stereocenters. The molecule has 5 N–H and O–H groups in total. The monoisotopic (exact) mass is 410 g/mol. The summed E-state index contributed by atoms with van der Waals surface area (Å²) in [6.45, 7) is 1.07. The lowest BCUT2D eigenvalue weighted by molar-refractivity contribution is -0.241. The lowest BCUT2D eigenvalue weighted by Gasteiger charge is -2.31. The summed E-state index contributed by atoms with van der Waals surface area (Å²) in [4.78, 5) is 12.2. The number of aliphatic hydroxyl groups excluding tert-OH is 1. The van der Waals surface area contributed by atoms with Crippen LogP contribution in [0.4, 0.5) is 17.6 Å². The Morgan fingerprint density at radius 2 is 2.00 bits per heavy atom. The largest absolute Gasteiger partial charge is 0.493 e. The van der Waals surface area contributed by atoms with E-state index in [1.54, 1.807) is 0 Å². The van der Waals surface area contributed by atoms with Gasteiger partial charge in [0.05, 0.1) is 19.8 Å². The van der Waals surface area contributed by atoms with Gasteiger partial charge < -0.3 is 30.7 Å². The van der Waals surface area contributed by atoms with Gasteiger partial charge in [0.25, 0.3) is 5.91 Å². The van der Waals surface area contributed by atoms with E-state index in [0.717, 1.165) is 18.2 Å². The number of alkyl halides is 3. The summed E-state index contributed by atoms with van der Waals surface area (Å²) in [6.07, 6.45) is -5.20. The summed E-state index contributed by atoms with van der Waals surface area (Å²) in [6, 6.07) is 1.77. The Balaban J connectivity index is 3.08. The van der Waals surface area contributed by atoms with Gasteiger partial charge in [-0.25, -0.2) is 4.39 Å². The standard InChI is InChI=1S/C17H22F4N2O5/c1-4-13(22)16(26,17(19,20)21)8-23-15(25)10-5-11(18)14(12(6-10)27-3)28-7-9(2)24/h4-6,9,24,26H,7-8,22H2,1-3H3,(H,23,25)/b13-4-/t9-,16-/m1/s1. The molecule has 0 radical (unpaired) electrons. The van der Waals surface area contributed by atoms with Crippen LogP contribution in [0.25, 0.3) is 0 Å². The number of hydrogen-bond acceptors (Lipinski definition) is 6. The molecule has 28 heavy (non-hydrogen) atoms. The molecule has 1 amide bonds. The first kappa shape index (κ1) is 23.5. The summed E-state index contributed by atoms with van der Waals surface area (Å²) < 4.78 is 63.6. The van der Waals surface area contributed by atoms with Gasteiger partial charge in [-0.1, -0.05) is 6.08 Å². The fraction of sp³-hybridized carbons (Fsp3) is 0.471. The predicted molar refractivity (Wildman–Crippen MR) is 91.4 cm³/mol. The van der Waals surface area contributed by atoms with Crippen molar-refractivity contribution in [2.45, 2.75) is 31.7 Å². The fourth-order valence-corrected chi connectivity index (χ4v) is 2.11. The molecular weight excluding hydrogens is 388 g/mol. The number of nitrogens with one attached hydrogen (secondary N) is 1. The fourth-order valence-electron chi connectivity index (χ4n) is 2.11. The zero-order valence-electron chi connectivity index (χ0n) is 15.4. The van der Waals surface area contributed by atoms with Gasteiger partial charge in [-0.15, -0.1) is 0 Å². The first-order chi connectivity index (χ1) is 12.9. The summed E-state index contributed by atoms with van der Waals surface area (Å²) >= 11 is 0. The normalized spacial score (nSPS) is 15.5. The smallest absolute Gasteiger partial charge is 0.424 e. The molecule has 0 saturated carbocycles. The number of ether oxygens (including phenoxy) is 2. The maximum atomic E-state index is 14.2. The lowest BCUT2D eigenvalue weighted by Crippen LogP contribution is -2.56. The molecule has 7 nitrogen and oxygen atoms in total. The Bertz CT molecular complexity index is 737. The Labute approximate surface area is 158 Å². The molecule has 11 heteroatoms. The number of aliphatic hydroxyl groups is 2. The zero-order chi connectivity index (χ0) is 21.7. The summed E-state index contributed by atoms with van der Waals surface area (Å²) in [5, 5.41) is 20.9. The number of benzene rings is 1. The number of halogens is 4. The molecule has 1 aromatic carbocycles. The third-order valence-corrected chi connectivity index (χ3v) is 3.72. The Kier molecular flexibility index (Phi) is 7.65. The first-order valence-corrected chi connectivity index (χ1v) is 8.05. The molecule has 1 rings (SSSR count). The van der Waals surface area contributed by atoms with Crippen molar-refractivity contribution in [3.05, 3.63) is 35.3 Å². The zero-order valence-corrected chi connectivity index (χ0v) is 15.4. The average Bonchev–Trinajstić information content (AvgIpc) is 2.62. The van der Waals surface area contributed by atoms with Gasteiger partial charge in [-0.2, -0.15) is 13.2 Å². The van der Waals surface area contributed by atoms with E-state index >= 15 is 0 Å². The van der Waals surface area contributed by atoms with Gasteiger partial charge in [0, 0.05) is 11.3 Å². The summed E-state index contributed by atoms with van der Waals surface area (Å²) in [5.41, 5.74) is 0.477. The Morgan fingerprint density at radius 3 is 2.46 bits per heavy atom. The van der Waals surface area contributed by atoms with Crippen LogP contribution in [0.1, 0.15) is 24.2 Å². The number of methoxy groups -OCH3 is 1. The van der Waals surface area contributed by atoms with E-state index in [0.29, 0.717) is 0 Å². The average molecular weight is 410 g/mol. The molecule has 0 saturated heterocycles. The van der Waals surface area contributed by atoms with E-state index in [1.165, 1.54) is 21.0 Å². The van der Waals surface area contributed by atoms with Crippen molar-refractivity contribution in [2.24, 2.45) is 5.73 Å². The van der Waals surface area contributed by atoms with Crippen LogP contribution in [0.15, 0.2) is 23.9 Å². The number of nitrogens with two attached hydrogens (primary N) is 1. The second-order valence-corrected chi connectivity index (χ2v) is 5.93. The van der Waals surface area contributed by atoms with Gasteiger partial charge >= 0.3 is 6.18 Å². The van der Waals surface area contributed by atoms with Crippen LogP contribution in [-0.2, 0) is 0 Å². The van der Waals surface area contributed by atoms with Crippen molar-refractivity contribution in [3.63, 3.8) is 0 Å². The maximum absolute atomic E-state index is 14.2. The number of carbonyl (C=O) groups is 1. The molecule has 0 aliphatic rings. The van der Waals surface area contributed by atoms with Crippen molar-refractivity contribution in [1.29, 1.82) is 0 Å². The molecule has 0 spiro atoms. The molecule has 2 atom stereocenters. The Hall–Kier alpha value is -2.53. The number of amides is 1. The van der Waals surface area contributed by atoms with Crippen LogP contribution in [0.5, 0.6) is 11.5 Å². The van der Waals surface area contributed by atoms with E-state index < -0.39 is 41.8 Å². The topological polar surface area (TPSA) is 114 Å². The number of carbonyl (C=O) groups excluding carboxylic acids is 1. The number of allylic oxidation sites excluding steroid dienone is 1. The van der Waals surface area contributed by atoms with Crippen LogP contribution in [-0.4, -0.2) is 54.3 Å². The molecule has 0 aliphatic heterocycles. The van der Waals surface area contributed by atoms with E-state index in [9.17, 15) is 32.6 Å². The second-order valence-electron chi connectivity index (χ2n) is 5.93. The molecule has 0 fully saturated rings. The molecule has 0 heterocycles. The first-order valence-electron chi connectivity index (χ1n) is 8.05. The van der Waals surface area contributed by atoms with Gasteiger partial charge in [0.1, 0.15) is 6.61 Å². The van der Waals surface area contributed by atoms with Crippen LogP contribution in [0, 0.1) is 5.82 Å². The van der Waals surface area contributed by atoms with Crippen molar-refractivity contribution < 1.29 is 42.0 Å². The summed E-state index contributed by atoms with van der Waals surface area (Å²) in [5.74, 6) is -2.70. The third-order valence-electron chi connectivity index (χ3n) is 3.72. The molecule has 0 aliphatic carbocycles. The van der Waals surface area contributed by atoms with Crippen LogP contribution in [0.2, 0.25) is 0 Å². The second kappa shape index (κ2) is 9.11. The number of hydrogen-bond donors (Lipinski definition) is 4. The Morgan fingerprint density at radius 1 is 1.39 bits per heavy atom. The van der Waals surface area contributed by atoms with E-state index in [4.69, 9.17) is 15.2 Å². The van der Waals surface area contributed by atoms with E-state index in [1.807, 2.05) is 5.32 Å². The quantitative estimate of drug-likeness (QED) is 0.483. The minimum Gasteiger partial charge on any atom is -0.493 e. The maximum Gasteiger partial charge on any atom is 0.424 e. The molecule has 158 valence electrons. The SMILES string of the molecule is C/C=C(\N)[C@](O)(CNC(=O)c1cc(F)c(OC[C@@H](C)O)c(OC)c1)C(F)(F)F. The highest BCUT2D eigenvalue weighted by molar-refractivity contribution is 5.95. The minimum atomic E-state index is -5.15. The number of rotatable bonds is 8. The minimum absolute atomic E-state index is 0.204. The van der Waals surface area contributed by atoms with Gasteiger partial charge in [-0.3, -0.25) is 4.79 Å². The van der Waals surface area contributed by atoms with E-state index in [2.05, 4.69) is 0 Å². The molecular formula is C17H22F4N2O5. The third kappa shape index (κ3) is 5.26. The molecule has 1 aromatic rings.